The average molecular weight is 462 g/mol. The van der Waals surface area contributed by atoms with Gasteiger partial charge in [0.15, 0.2) is 11.3 Å². The van der Waals surface area contributed by atoms with Gasteiger partial charge in [-0.05, 0) is 23.8 Å². The summed E-state index contributed by atoms with van der Waals surface area (Å²) in [5.41, 5.74) is 7.56. The van der Waals surface area contributed by atoms with Crippen molar-refractivity contribution in [1.29, 1.82) is 5.26 Å². The van der Waals surface area contributed by atoms with E-state index in [1.54, 1.807) is 11.8 Å². The van der Waals surface area contributed by atoms with Crippen LogP contribution in [0.5, 0.6) is 0 Å². The van der Waals surface area contributed by atoms with Gasteiger partial charge in [0.2, 0.25) is 11.8 Å². The molecule has 0 fully saturated rings. The van der Waals surface area contributed by atoms with Crippen molar-refractivity contribution in [2.24, 2.45) is 5.73 Å². The fraction of sp³-hybridized carbons (Fsp3) is 0.136. The zero-order valence-electron chi connectivity index (χ0n) is 15.9. The van der Waals surface area contributed by atoms with E-state index >= 15 is 0 Å². The molecule has 0 saturated carbocycles. The maximum Gasteiger partial charge on any atom is 0.249 e. The molecule has 1 atom stereocenters. The number of fused-ring (bicyclic) bond motifs is 4. The van der Waals surface area contributed by atoms with Gasteiger partial charge in [-0.3, -0.25) is 4.79 Å². The fourth-order valence-corrected chi connectivity index (χ4v) is 4.76. The minimum absolute atomic E-state index is 0.0913. The first-order valence-corrected chi connectivity index (χ1v) is 10.1. The van der Waals surface area contributed by atoms with Crippen LogP contribution >= 0.6 is 15.9 Å². The second-order valence-corrected chi connectivity index (χ2v) is 8.14. The summed E-state index contributed by atoms with van der Waals surface area (Å²) >= 11 is 3.48. The molecule has 8 heteroatoms. The fourth-order valence-electron chi connectivity index (χ4n) is 4.31. The molecule has 2 aliphatic rings. The second-order valence-electron chi connectivity index (χ2n) is 7.22. The molecule has 0 radical (unpaired) electrons. The van der Waals surface area contributed by atoms with Crippen LogP contribution in [0.1, 0.15) is 22.7 Å². The zero-order valence-corrected chi connectivity index (χ0v) is 17.5. The van der Waals surface area contributed by atoms with Crippen molar-refractivity contribution in [3.63, 3.8) is 0 Å². The van der Waals surface area contributed by atoms with E-state index in [4.69, 9.17) is 10.2 Å². The third kappa shape index (κ3) is 2.36. The number of nitriles is 1. The zero-order chi connectivity index (χ0) is 21.0. The maximum absolute atomic E-state index is 14.1. The molecule has 0 bridgehead atoms. The van der Waals surface area contributed by atoms with Crippen molar-refractivity contribution >= 4 is 33.4 Å². The molecule has 30 heavy (non-hydrogen) atoms. The number of para-hydroxylation sites is 1. The number of nitrogens with zero attached hydrogens (tertiary/aromatic N) is 3. The molecule has 3 aromatic rings. The van der Waals surface area contributed by atoms with Gasteiger partial charge in [-0.1, -0.05) is 46.3 Å². The van der Waals surface area contributed by atoms with Gasteiger partial charge in [0.1, 0.15) is 17.6 Å². The summed E-state index contributed by atoms with van der Waals surface area (Å²) in [4.78, 5) is 20.3. The number of hydrogen-bond acceptors (Lipinski definition) is 6. The Labute approximate surface area is 180 Å². The monoisotopic (exact) mass is 461 g/mol. The number of nitrogens with two attached hydrogens (primary N) is 1. The van der Waals surface area contributed by atoms with E-state index in [0.29, 0.717) is 23.7 Å². The van der Waals surface area contributed by atoms with Crippen molar-refractivity contribution < 1.29 is 9.21 Å². The molecular weight excluding hydrogens is 446 g/mol. The number of aromatic nitrogens is 1. The SMILES string of the molecule is Cc1nc2c(o1)NC(N)=C(C#N)C21C(=O)N(Cc2cccc(Br)c2)c2ccccc21. The normalized spacial score (nSPS) is 19.5. The number of nitrogens with one attached hydrogen (secondary N) is 1. The standard InChI is InChI=1S/C22H16BrN5O2/c1-12-26-18-20(30-12)27-19(25)16(10-24)22(18)15-7-2-3-8-17(15)28(21(22)29)11-13-5-4-6-14(23)9-13/h2-9,27H,11,25H2,1H3. The summed E-state index contributed by atoms with van der Waals surface area (Å²) < 4.78 is 6.59. The molecule has 1 aromatic heterocycles. The van der Waals surface area contributed by atoms with E-state index < -0.39 is 5.41 Å². The lowest BCUT2D eigenvalue weighted by molar-refractivity contribution is -0.121. The third-order valence-electron chi connectivity index (χ3n) is 5.49. The Morgan fingerprint density at radius 3 is 2.87 bits per heavy atom. The van der Waals surface area contributed by atoms with Crippen LogP contribution in [0, 0.1) is 18.3 Å². The highest BCUT2D eigenvalue weighted by Crippen LogP contribution is 2.54. The number of amides is 1. The molecule has 1 spiro atoms. The summed E-state index contributed by atoms with van der Waals surface area (Å²) in [6.07, 6.45) is 0. The Morgan fingerprint density at radius 1 is 1.30 bits per heavy atom. The Bertz CT molecular complexity index is 1290. The van der Waals surface area contributed by atoms with E-state index in [9.17, 15) is 10.1 Å². The second kappa shape index (κ2) is 6.47. The van der Waals surface area contributed by atoms with Crippen LogP contribution in [0.15, 0.2) is 68.8 Å². The van der Waals surface area contributed by atoms with Crippen molar-refractivity contribution in [1.82, 2.24) is 4.98 Å². The first-order chi connectivity index (χ1) is 14.5. The number of hydrogen-bond donors (Lipinski definition) is 2. The molecule has 2 aromatic carbocycles. The van der Waals surface area contributed by atoms with Crippen LogP contribution in [0.4, 0.5) is 11.6 Å². The van der Waals surface area contributed by atoms with Gasteiger partial charge in [0, 0.05) is 22.6 Å². The summed E-state index contributed by atoms with van der Waals surface area (Å²) in [5.74, 6) is 0.485. The highest BCUT2D eigenvalue weighted by Gasteiger charge is 2.60. The number of benzene rings is 2. The van der Waals surface area contributed by atoms with Crippen molar-refractivity contribution in [2.75, 3.05) is 10.2 Å². The van der Waals surface area contributed by atoms with Crippen LogP contribution in [-0.4, -0.2) is 10.9 Å². The lowest BCUT2D eigenvalue weighted by atomic mass is 9.71. The maximum atomic E-state index is 14.1. The van der Waals surface area contributed by atoms with Crippen molar-refractivity contribution in [3.8, 4) is 6.07 Å². The molecule has 1 unspecified atom stereocenters. The van der Waals surface area contributed by atoms with Gasteiger partial charge in [0.05, 0.1) is 12.1 Å². The first kappa shape index (κ1) is 18.5. The van der Waals surface area contributed by atoms with Gasteiger partial charge in [0.25, 0.3) is 0 Å². The number of aryl methyl sites for hydroxylation is 1. The summed E-state index contributed by atoms with van der Waals surface area (Å²) in [5, 5.41) is 12.9. The van der Waals surface area contributed by atoms with E-state index in [0.717, 1.165) is 15.7 Å². The molecule has 7 nitrogen and oxygen atoms in total. The topological polar surface area (TPSA) is 108 Å². The van der Waals surface area contributed by atoms with Gasteiger partial charge in [-0.2, -0.15) is 5.26 Å². The lowest BCUT2D eigenvalue weighted by Crippen LogP contribution is -2.46. The van der Waals surface area contributed by atoms with E-state index in [-0.39, 0.29) is 23.2 Å². The third-order valence-corrected chi connectivity index (χ3v) is 5.98. The van der Waals surface area contributed by atoms with Crippen LogP contribution in [0.3, 0.4) is 0 Å². The van der Waals surface area contributed by atoms with E-state index in [2.05, 4.69) is 32.3 Å². The molecule has 1 amide bonds. The molecular formula is C22H16BrN5O2. The number of anilines is 2. The van der Waals surface area contributed by atoms with Crippen LogP contribution < -0.4 is 16.0 Å². The number of carbonyl (C=O) groups excluding carboxylic acids is 1. The molecule has 0 aliphatic carbocycles. The van der Waals surface area contributed by atoms with Gasteiger partial charge in [-0.25, -0.2) is 4.98 Å². The number of halogens is 1. The highest BCUT2D eigenvalue weighted by atomic mass is 79.9. The van der Waals surface area contributed by atoms with Gasteiger partial charge in [-0.15, -0.1) is 0 Å². The Hall–Kier alpha value is -3.57. The number of carbonyl (C=O) groups is 1. The predicted molar refractivity (Wildman–Crippen MR) is 114 cm³/mol. The average Bonchev–Trinajstić information content (AvgIpc) is 3.20. The number of oxazole rings is 1. The van der Waals surface area contributed by atoms with E-state index in [1.807, 2.05) is 48.5 Å². The number of rotatable bonds is 2. The minimum Gasteiger partial charge on any atom is -0.425 e. The van der Waals surface area contributed by atoms with Crippen LogP contribution in [-0.2, 0) is 16.8 Å². The molecule has 3 N–H and O–H groups in total. The lowest BCUT2D eigenvalue weighted by Gasteiger charge is -2.31. The molecule has 148 valence electrons. The summed E-state index contributed by atoms with van der Waals surface area (Å²) in [6, 6.07) is 17.4. The first-order valence-electron chi connectivity index (χ1n) is 9.28. The van der Waals surface area contributed by atoms with Crippen LogP contribution in [0.2, 0.25) is 0 Å². The highest BCUT2D eigenvalue weighted by molar-refractivity contribution is 9.10. The molecule has 3 heterocycles. The Kier molecular flexibility index (Phi) is 3.98. The van der Waals surface area contributed by atoms with Crippen molar-refractivity contribution in [3.05, 3.63) is 87.1 Å². The molecule has 5 rings (SSSR count). The quantitative estimate of drug-likeness (QED) is 0.602. The molecule has 0 saturated heterocycles. The molecule has 2 aliphatic heterocycles. The van der Waals surface area contributed by atoms with Gasteiger partial charge >= 0.3 is 0 Å². The summed E-state index contributed by atoms with van der Waals surface area (Å²) in [6.45, 7) is 2.04. The summed E-state index contributed by atoms with van der Waals surface area (Å²) in [7, 11) is 0. The van der Waals surface area contributed by atoms with Crippen LogP contribution in [0.25, 0.3) is 0 Å². The predicted octanol–water partition coefficient (Wildman–Crippen LogP) is 3.70. The van der Waals surface area contributed by atoms with E-state index in [1.165, 1.54) is 0 Å². The van der Waals surface area contributed by atoms with Crippen molar-refractivity contribution in [2.45, 2.75) is 18.9 Å². The minimum atomic E-state index is -1.44. The largest absolute Gasteiger partial charge is 0.425 e. The smallest absolute Gasteiger partial charge is 0.249 e. The van der Waals surface area contributed by atoms with Gasteiger partial charge < -0.3 is 20.4 Å². The Morgan fingerprint density at radius 2 is 2.10 bits per heavy atom. The Balaban J connectivity index is 1.77.